The molecule has 2 aromatic rings. The lowest BCUT2D eigenvalue weighted by molar-refractivity contribution is 0.308. The average molecular weight is 276 g/mol. The molecule has 0 saturated heterocycles. The third kappa shape index (κ3) is 1.96. The molecule has 5 rings (SSSR count). The van der Waals surface area contributed by atoms with Crippen molar-refractivity contribution in [1.82, 2.24) is 0 Å². The molecule has 0 heterocycles. The van der Waals surface area contributed by atoms with Gasteiger partial charge in [-0.1, -0.05) is 69.3 Å². The van der Waals surface area contributed by atoms with Crippen molar-refractivity contribution in [2.45, 2.75) is 51.4 Å². The van der Waals surface area contributed by atoms with Crippen molar-refractivity contribution < 1.29 is 0 Å². The zero-order chi connectivity index (χ0) is 14.6. The summed E-state index contributed by atoms with van der Waals surface area (Å²) < 4.78 is 0. The normalized spacial score (nSPS) is 26.9. The second-order valence-corrected chi connectivity index (χ2v) is 7.92. The topological polar surface area (TPSA) is 0 Å². The second kappa shape index (κ2) is 4.47. The maximum atomic E-state index is 2.39. The van der Waals surface area contributed by atoms with Crippen molar-refractivity contribution in [3.8, 4) is 0 Å². The fourth-order valence-corrected chi connectivity index (χ4v) is 4.52. The van der Waals surface area contributed by atoms with Gasteiger partial charge in [-0.15, -0.1) is 0 Å². The highest BCUT2D eigenvalue weighted by Crippen LogP contribution is 2.56. The van der Waals surface area contributed by atoms with E-state index in [4.69, 9.17) is 0 Å². The van der Waals surface area contributed by atoms with Crippen LogP contribution in [-0.4, -0.2) is 0 Å². The Hall–Kier alpha value is -1.56. The molecule has 21 heavy (non-hydrogen) atoms. The van der Waals surface area contributed by atoms with Crippen LogP contribution in [0.3, 0.4) is 0 Å². The van der Waals surface area contributed by atoms with Gasteiger partial charge in [-0.25, -0.2) is 0 Å². The predicted octanol–water partition coefficient (Wildman–Crippen LogP) is 5.84. The van der Waals surface area contributed by atoms with Crippen LogP contribution < -0.4 is 0 Å². The molecule has 0 atom stereocenters. The average Bonchev–Trinajstić information content (AvgIpc) is 2.36. The highest BCUT2D eigenvalue weighted by Gasteiger charge is 2.41. The van der Waals surface area contributed by atoms with Gasteiger partial charge in [0.1, 0.15) is 0 Å². The Kier molecular flexibility index (Phi) is 2.79. The first-order valence-electron chi connectivity index (χ1n) is 8.23. The lowest BCUT2D eigenvalue weighted by atomic mass is 9.59. The van der Waals surface area contributed by atoms with Gasteiger partial charge >= 0.3 is 0 Å². The largest absolute Gasteiger partial charge is 0.0620 e. The van der Waals surface area contributed by atoms with Crippen LogP contribution in [0.25, 0.3) is 0 Å². The summed E-state index contributed by atoms with van der Waals surface area (Å²) in [4.78, 5) is 0. The summed E-state index contributed by atoms with van der Waals surface area (Å²) in [5.41, 5.74) is 6.61. The van der Waals surface area contributed by atoms with Crippen molar-refractivity contribution in [1.29, 1.82) is 0 Å². The molecule has 0 amide bonds. The fraction of sp³-hybridized carbons (Fsp3) is 0.429. The number of hydrogen-bond acceptors (Lipinski definition) is 0. The van der Waals surface area contributed by atoms with E-state index in [1.54, 1.807) is 22.3 Å². The van der Waals surface area contributed by atoms with Crippen LogP contribution in [0.1, 0.15) is 73.6 Å². The van der Waals surface area contributed by atoms with Gasteiger partial charge in [0.05, 0.1) is 0 Å². The lowest BCUT2D eigenvalue weighted by Crippen LogP contribution is -2.30. The van der Waals surface area contributed by atoms with E-state index in [1.165, 1.54) is 12.8 Å². The first-order valence-corrected chi connectivity index (χ1v) is 8.23. The van der Waals surface area contributed by atoms with Gasteiger partial charge in [-0.2, -0.15) is 0 Å². The summed E-state index contributed by atoms with van der Waals surface area (Å²) >= 11 is 0. The molecule has 0 N–H and O–H groups in total. The number of hydrogen-bond donors (Lipinski definition) is 0. The standard InChI is InChI=1S/C21H24/c1-21(2,3)20-18-10-6-4-8-16(18)14-12-15(13-14)17-9-5-7-11-19(17)20/h4-11,14-15,20H,12-13H2,1-3H3. The van der Waals surface area contributed by atoms with Gasteiger partial charge < -0.3 is 0 Å². The first-order chi connectivity index (χ1) is 10.1. The van der Waals surface area contributed by atoms with Gasteiger partial charge in [0.2, 0.25) is 0 Å². The van der Waals surface area contributed by atoms with E-state index in [0.717, 1.165) is 11.8 Å². The van der Waals surface area contributed by atoms with Gasteiger partial charge in [0.25, 0.3) is 0 Å². The van der Waals surface area contributed by atoms with Gasteiger partial charge in [-0.05, 0) is 52.3 Å². The van der Waals surface area contributed by atoms with Crippen LogP contribution in [0.5, 0.6) is 0 Å². The van der Waals surface area contributed by atoms with Crippen LogP contribution in [0, 0.1) is 5.41 Å². The Balaban J connectivity index is 2.00. The monoisotopic (exact) mass is 276 g/mol. The maximum absolute atomic E-state index is 2.39. The summed E-state index contributed by atoms with van der Waals surface area (Å²) in [5, 5.41) is 0. The van der Waals surface area contributed by atoms with Crippen molar-refractivity contribution in [3.63, 3.8) is 0 Å². The van der Waals surface area contributed by atoms with E-state index in [1.807, 2.05) is 0 Å². The molecule has 3 aliphatic rings. The molecule has 0 heteroatoms. The molecule has 0 aromatic heterocycles. The summed E-state index contributed by atoms with van der Waals surface area (Å²) in [6.45, 7) is 7.16. The Morgan fingerprint density at radius 1 is 0.667 bits per heavy atom. The van der Waals surface area contributed by atoms with E-state index >= 15 is 0 Å². The van der Waals surface area contributed by atoms with E-state index < -0.39 is 0 Å². The van der Waals surface area contributed by atoms with E-state index in [9.17, 15) is 0 Å². The summed E-state index contributed by atoms with van der Waals surface area (Å²) in [5.74, 6) is 2.07. The molecule has 1 saturated carbocycles. The second-order valence-electron chi connectivity index (χ2n) is 7.92. The Morgan fingerprint density at radius 3 is 1.43 bits per heavy atom. The van der Waals surface area contributed by atoms with E-state index in [0.29, 0.717) is 5.92 Å². The molecular weight excluding hydrogens is 252 g/mol. The SMILES string of the molecule is CC(C)(C)C1c2ccccc2C2CC(C2)c2ccccc21. The van der Waals surface area contributed by atoms with Crippen LogP contribution in [0.4, 0.5) is 0 Å². The highest BCUT2D eigenvalue weighted by molar-refractivity contribution is 5.49. The van der Waals surface area contributed by atoms with Crippen LogP contribution in [0.2, 0.25) is 0 Å². The van der Waals surface area contributed by atoms with E-state index in [-0.39, 0.29) is 5.41 Å². The van der Waals surface area contributed by atoms with Crippen molar-refractivity contribution in [3.05, 3.63) is 70.8 Å². The number of benzene rings is 2. The van der Waals surface area contributed by atoms with Crippen LogP contribution in [0.15, 0.2) is 48.5 Å². The fourth-order valence-electron chi connectivity index (χ4n) is 4.52. The van der Waals surface area contributed by atoms with Gasteiger partial charge in [0.15, 0.2) is 0 Å². The zero-order valence-electron chi connectivity index (χ0n) is 13.3. The third-order valence-corrected chi connectivity index (χ3v) is 5.50. The molecule has 1 fully saturated rings. The molecule has 2 bridgehead atoms. The summed E-state index contributed by atoms with van der Waals surface area (Å²) in [6, 6.07) is 18.4. The highest BCUT2D eigenvalue weighted by atomic mass is 14.4. The van der Waals surface area contributed by atoms with Crippen molar-refractivity contribution in [2.24, 2.45) is 5.41 Å². The Morgan fingerprint density at radius 2 is 1.05 bits per heavy atom. The Labute approximate surface area is 128 Å². The molecule has 0 unspecified atom stereocenters. The lowest BCUT2D eigenvalue weighted by Gasteiger charge is -2.45. The molecule has 108 valence electrons. The van der Waals surface area contributed by atoms with Crippen LogP contribution >= 0.6 is 0 Å². The minimum Gasteiger partial charge on any atom is -0.0620 e. The Bertz CT molecular complexity index is 617. The van der Waals surface area contributed by atoms with Crippen molar-refractivity contribution >= 4 is 0 Å². The van der Waals surface area contributed by atoms with Crippen LogP contribution in [-0.2, 0) is 0 Å². The molecular formula is C21H24. The summed E-state index contributed by atoms with van der Waals surface area (Å²) in [6.07, 6.45) is 2.68. The molecule has 0 radical (unpaired) electrons. The van der Waals surface area contributed by atoms with Gasteiger partial charge in [-0.3, -0.25) is 0 Å². The minimum atomic E-state index is 0.246. The number of rotatable bonds is 0. The molecule has 2 aromatic carbocycles. The molecule has 0 spiro atoms. The minimum absolute atomic E-state index is 0.246. The molecule has 0 nitrogen and oxygen atoms in total. The van der Waals surface area contributed by atoms with E-state index in [2.05, 4.69) is 69.3 Å². The third-order valence-electron chi connectivity index (χ3n) is 5.50. The smallest absolute Gasteiger partial charge is 0.0144 e. The quantitative estimate of drug-likeness (QED) is 0.567. The summed E-state index contributed by atoms with van der Waals surface area (Å²) in [7, 11) is 0. The first kappa shape index (κ1) is 13.1. The molecule has 0 aliphatic heterocycles. The zero-order valence-corrected chi connectivity index (χ0v) is 13.3. The van der Waals surface area contributed by atoms with Crippen molar-refractivity contribution in [2.75, 3.05) is 0 Å². The predicted molar refractivity (Wildman–Crippen MR) is 88.9 cm³/mol. The van der Waals surface area contributed by atoms with Gasteiger partial charge in [0, 0.05) is 5.92 Å². The maximum Gasteiger partial charge on any atom is 0.0144 e. The molecule has 3 aliphatic carbocycles.